The molecule has 0 atom stereocenters. The number of aromatic nitrogens is 1. The van der Waals surface area contributed by atoms with Crippen LogP contribution in [0.4, 0.5) is 9.18 Å². The molecular formula is C23H20BrFN2O3S. The van der Waals surface area contributed by atoms with Crippen molar-refractivity contribution in [2.75, 3.05) is 6.61 Å². The van der Waals surface area contributed by atoms with Gasteiger partial charge >= 0.3 is 0 Å². The SMILES string of the molecule is CC(C)N1C(=O)S/C(=C\c2cn(CCOc3ccccc3F)c3ccc(Br)cc23)C1=O. The van der Waals surface area contributed by atoms with Gasteiger partial charge in [0.15, 0.2) is 11.6 Å². The molecule has 1 aliphatic heterocycles. The third-order valence-electron chi connectivity index (χ3n) is 4.93. The summed E-state index contributed by atoms with van der Waals surface area (Å²) in [4.78, 5) is 26.6. The summed E-state index contributed by atoms with van der Waals surface area (Å²) in [5.74, 6) is -0.460. The van der Waals surface area contributed by atoms with Gasteiger partial charge in [-0.2, -0.15) is 0 Å². The Morgan fingerprint density at radius 1 is 1.19 bits per heavy atom. The Labute approximate surface area is 192 Å². The molecule has 0 bridgehead atoms. The molecule has 1 aromatic heterocycles. The van der Waals surface area contributed by atoms with Gasteiger partial charge in [0.2, 0.25) is 0 Å². The molecule has 2 heterocycles. The predicted molar refractivity (Wildman–Crippen MR) is 124 cm³/mol. The minimum Gasteiger partial charge on any atom is -0.489 e. The second-order valence-corrected chi connectivity index (χ2v) is 9.27. The van der Waals surface area contributed by atoms with Gasteiger partial charge in [-0.25, -0.2) is 4.39 Å². The Morgan fingerprint density at radius 2 is 1.97 bits per heavy atom. The Hall–Kier alpha value is -2.58. The summed E-state index contributed by atoms with van der Waals surface area (Å²) in [6, 6.07) is 12.0. The quantitative estimate of drug-likeness (QED) is 0.384. The fourth-order valence-corrected chi connectivity index (χ4v) is 4.79. The number of hydrogen-bond donors (Lipinski definition) is 0. The van der Waals surface area contributed by atoms with E-state index in [1.165, 1.54) is 11.0 Å². The maximum Gasteiger partial charge on any atom is 0.293 e. The van der Waals surface area contributed by atoms with Crippen molar-refractivity contribution >= 4 is 55.8 Å². The molecule has 2 amide bonds. The van der Waals surface area contributed by atoms with Gasteiger partial charge in [0.25, 0.3) is 11.1 Å². The summed E-state index contributed by atoms with van der Waals surface area (Å²) in [6.45, 7) is 4.41. The molecule has 0 radical (unpaired) electrons. The third-order valence-corrected chi connectivity index (χ3v) is 6.30. The fraction of sp³-hybridized carbons (Fsp3) is 0.217. The first kappa shape index (κ1) is 21.6. The lowest BCUT2D eigenvalue weighted by Gasteiger charge is -2.16. The molecule has 4 rings (SSSR count). The number of nitrogens with zero attached hydrogens (tertiary/aromatic N) is 2. The topological polar surface area (TPSA) is 51.5 Å². The molecule has 0 unspecified atom stereocenters. The number of rotatable bonds is 6. The zero-order chi connectivity index (χ0) is 22.1. The average Bonchev–Trinajstić information content (AvgIpc) is 3.19. The molecule has 0 spiro atoms. The van der Waals surface area contributed by atoms with Crippen molar-refractivity contribution in [3.05, 3.63) is 69.4 Å². The van der Waals surface area contributed by atoms with Gasteiger partial charge in [0.05, 0.1) is 11.4 Å². The Kier molecular flexibility index (Phi) is 6.20. The van der Waals surface area contributed by atoms with Crippen LogP contribution in [0.15, 0.2) is 58.0 Å². The summed E-state index contributed by atoms with van der Waals surface area (Å²) >= 11 is 4.45. The maximum atomic E-state index is 13.8. The Morgan fingerprint density at radius 3 is 2.68 bits per heavy atom. The van der Waals surface area contributed by atoms with E-state index < -0.39 is 5.82 Å². The van der Waals surface area contributed by atoms with E-state index in [2.05, 4.69) is 15.9 Å². The summed E-state index contributed by atoms with van der Waals surface area (Å²) in [6.07, 6.45) is 3.68. The zero-order valence-electron chi connectivity index (χ0n) is 17.0. The average molecular weight is 503 g/mol. The van der Waals surface area contributed by atoms with E-state index in [1.54, 1.807) is 24.3 Å². The van der Waals surface area contributed by atoms with Crippen molar-refractivity contribution in [1.82, 2.24) is 9.47 Å². The van der Waals surface area contributed by atoms with Crippen LogP contribution in [0.25, 0.3) is 17.0 Å². The van der Waals surface area contributed by atoms with Crippen molar-refractivity contribution in [1.29, 1.82) is 0 Å². The number of imide groups is 1. The number of hydrogen-bond acceptors (Lipinski definition) is 4. The lowest BCUT2D eigenvalue weighted by Crippen LogP contribution is -2.34. The Bertz CT molecular complexity index is 1200. The van der Waals surface area contributed by atoms with Gasteiger partial charge in [0.1, 0.15) is 6.61 Å². The maximum absolute atomic E-state index is 13.8. The van der Waals surface area contributed by atoms with E-state index in [0.717, 1.165) is 32.7 Å². The molecule has 0 aliphatic carbocycles. The van der Waals surface area contributed by atoms with E-state index in [4.69, 9.17) is 4.74 Å². The van der Waals surface area contributed by atoms with Crippen LogP contribution < -0.4 is 4.74 Å². The molecule has 1 fully saturated rings. The van der Waals surface area contributed by atoms with Crippen molar-refractivity contribution in [2.45, 2.75) is 26.4 Å². The van der Waals surface area contributed by atoms with Gasteiger partial charge in [0, 0.05) is 33.2 Å². The molecule has 1 saturated heterocycles. The molecule has 3 aromatic rings. The summed E-state index contributed by atoms with van der Waals surface area (Å²) in [5, 5.41) is 0.686. The van der Waals surface area contributed by atoms with E-state index in [0.29, 0.717) is 11.4 Å². The molecule has 160 valence electrons. The molecule has 31 heavy (non-hydrogen) atoms. The largest absolute Gasteiger partial charge is 0.489 e. The second kappa shape index (κ2) is 8.88. The van der Waals surface area contributed by atoms with Crippen molar-refractivity contribution in [3.8, 4) is 5.75 Å². The van der Waals surface area contributed by atoms with Gasteiger partial charge in [-0.05, 0) is 62.0 Å². The lowest BCUT2D eigenvalue weighted by atomic mass is 10.1. The number of carbonyl (C=O) groups is 2. The van der Waals surface area contributed by atoms with Crippen LogP contribution in [0, 0.1) is 5.82 Å². The molecule has 2 aromatic carbocycles. The smallest absolute Gasteiger partial charge is 0.293 e. The first-order valence-electron chi connectivity index (χ1n) is 9.78. The minimum absolute atomic E-state index is 0.190. The van der Waals surface area contributed by atoms with E-state index >= 15 is 0 Å². The number of fused-ring (bicyclic) bond motifs is 1. The highest BCUT2D eigenvalue weighted by Gasteiger charge is 2.36. The minimum atomic E-state index is -0.398. The number of para-hydroxylation sites is 1. The third kappa shape index (κ3) is 4.41. The standard InChI is InChI=1S/C23H20BrFN2O3S/c1-14(2)27-22(28)21(31-23(27)29)11-15-13-26(19-8-7-16(24)12-17(15)19)9-10-30-20-6-4-3-5-18(20)25/h3-8,11-14H,9-10H2,1-2H3/b21-11-. The highest BCUT2D eigenvalue weighted by molar-refractivity contribution is 9.10. The highest BCUT2D eigenvalue weighted by atomic mass is 79.9. The molecule has 0 N–H and O–H groups in total. The molecule has 5 nitrogen and oxygen atoms in total. The van der Waals surface area contributed by atoms with Gasteiger partial charge in [-0.15, -0.1) is 0 Å². The number of ether oxygens (including phenoxy) is 1. The number of carbonyl (C=O) groups excluding carboxylic acids is 2. The summed E-state index contributed by atoms with van der Waals surface area (Å²) in [5.41, 5.74) is 1.78. The van der Waals surface area contributed by atoms with E-state index in [-0.39, 0.29) is 29.5 Å². The first-order chi connectivity index (χ1) is 14.8. The molecule has 0 saturated carbocycles. The number of amides is 2. The van der Waals surface area contributed by atoms with Crippen LogP contribution >= 0.6 is 27.7 Å². The van der Waals surface area contributed by atoms with Crippen molar-refractivity contribution in [2.24, 2.45) is 0 Å². The van der Waals surface area contributed by atoms with Gasteiger partial charge in [-0.1, -0.05) is 28.1 Å². The van der Waals surface area contributed by atoms with Crippen LogP contribution in [0.2, 0.25) is 0 Å². The van der Waals surface area contributed by atoms with Crippen molar-refractivity contribution in [3.63, 3.8) is 0 Å². The lowest BCUT2D eigenvalue weighted by molar-refractivity contribution is -0.123. The van der Waals surface area contributed by atoms with Crippen LogP contribution in [0.1, 0.15) is 19.4 Å². The zero-order valence-corrected chi connectivity index (χ0v) is 19.4. The number of halogens is 2. The summed E-state index contributed by atoms with van der Waals surface area (Å²) < 4.78 is 22.3. The normalized spacial score (nSPS) is 15.6. The van der Waals surface area contributed by atoms with Crippen molar-refractivity contribution < 1.29 is 18.7 Å². The van der Waals surface area contributed by atoms with Crippen LogP contribution in [0.5, 0.6) is 5.75 Å². The molecular weight excluding hydrogens is 483 g/mol. The van der Waals surface area contributed by atoms with Crippen LogP contribution in [-0.2, 0) is 11.3 Å². The number of thioether (sulfide) groups is 1. The fourth-order valence-electron chi connectivity index (χ4n) is 3.48. The van der Waals surface area contributed by atoms with E-state index in [1.807, 2.05) is 42.8 Å². The molecule has 8 heteroatoms. The van der Waals surface area contributed by atoms with Crippen LogP contribution in [-0.4, -0.2) is 33.3 Å². The van der Waals surface area contributed by atoms with Crippen LogP contribution in [0.3, 0.4) is 0 Å². The summed E-state index contributed by atoms with van der Waals surface area (Å²) in [7, 11) is 0. The number of benzene rings is 2. The van der Waals surface area contributed by atoms with E-state index in [9.17, 15) is 14.0 Å². The predicted octanol–water partition coefficient (Wildman–Crippen LogP) is 6.07. The second-order valence-electron chi connectivity index (χ2n) is 7.36. The Balaban J connectivity index is 1.63. The van der Waals surface area contributed by atoms with Gasteiger partial charge < -0.3 is 9.30 Å². The highest BCUT2D eigenvalue weighted by Crippen LogP contribution is 2.35. The molecule has 1 aliphatic rings. The first-order valence-corrected chi connectivity index (χ1v) is 11.4. The monoisotopic (exact) mass is 502 g/mol. The van der Waals surface area contributed by atoms with Gasteiger partial charge in [-0.3, -0.25) is 14.5 Å².